The third kappa shape index (κ3) is 4.64. The van der Waals surface area contributed by atoms with Crippen LogP contribution in [0.15, 0.2) is 52.2 Å². The Labute approximate surface area is 154 Å². The molecule has 0 aliphatic rings. The van der Waals surface area contributed by atoms with E-state index in [1.807, 2.05) is 41.9 Å². The van der Waals surface area contributed by atoms with Crippen molar-refractivity contribution in [2.24, 2.45) is 7.05 Å². The summed E-state index contributed by atoms with van der Waals surface area (Å²) in [7, 11) is 1.85. The van der Waals surface area contributed by atoms with Crippen molar-refractivity contribution in [3.8, 4) is 11.6 Å². The number of amides is 1. The number of hydrogen-bond donors (Lipinski definition) is 1. The van der Waals surface area contributed by atoms with Crippen LogP contribution in [0.1, 0.15) is 5.56 Å². The summed E-state index contributed by atoms with van der Waals surface area (Å²) in [6.45, 7) is 0.581. The SMILES string of the molecule is Cn1c(SCC(=O)NCCc2ccc(Cl)cc2)nnc1-c1ccco1. The average Bonchev–Trinajstić information content (AvgIpc) is 3.24. The molecule has 2 heterocycles. The minimum atomic E-state index is -0.0403. The van der Waals surface area contributed by atoms with Gasteiger partial charge in [0.1, 0.15) is 0 Å². The monoisotopic (exact) mass is 376 g/mol. The second-order valence-electron chi connectivity index (χ2n) is 5.36. The Morgan fingerprint density at radius 3 is 2.80 bits per heavy atom. The van der Waals surface area contributed by atoms with Gasteiger partial charge in [0.05, 0.1) is 12.0 Å². The second kappa shape index (κ2) is 8.22. The topological polar surface area (TPSA) is 73.0 Å². The molecule has 2 aromatic heterocycles. The fraction of sp³-hybridized carbons (Fsp3) is 0.235. The lowest BCUT2D eigenvalue weighted by Gasteiger charge is -2.05. The van der Waals surface area contributed by atoms with Crippen LogP contribution in [0, 0.1) is 0 Å². The highest BCUT2D eigenvalue weighted by atomic mass is 35.5. The molecule has 6 nitrogen and oxygen atoms in total. The smallest absolute Gasteiger partial charge is 0.230 e. The molecule has 1 amide bonds. The number of nitrogens with zero attached hydrogens (tertiary/aromatic N) is 3. The molecular weight excluding hydrogens is 360 g/mol. The van der Waals surface area contributed by atoms with Gasteiger partial charge in [-0.25, -0.2) is 0 Å². The fourth-order valence-electron chi connectivity index (χ4n) is 2.24. The fourth-order valence-corrected chi connectivity index (χ4v) is 3.11. The number of thioether (sulfide) groups is 1. The quantitative estimate of drug-likeness (QED) is 0.641. The summed E-state index contributed by atoms with van der Waals surface area (Å²) in [5.74, 6) is 1.52. The van der Waals surface area contributed by atoms with Gasteiger partial charge in [0.15, 0.2) is 16.7 Å². The standard InChI is InChI=1S/C17H17ClN4O2S/c1-22-16(14-3-2-10-24-14)20-21-17(22)25-11-15(23)19-9-8-12-4-6-13(18)7-5-12/h2-7,10H,8-9,11H2,1H3,(H,19,23). The number of benzene rings is 1. The largest absolute Gasteiger partial charge is 0.461 e. The van der Waals surface area contributed by atoms with E-state index >= 15 is 0 Å². The van der Waals surface area contributed by atoms with Gasteiger partial charge < -0.3 is 14.3 Å². The molecule has 0 radical (unpaired) electrons. The van der Waals surface area contributed by atoms with Crippen molar-refractivity contribution in [2.45, 2.75) is 11.6 Å². The van der Waals surface area contributed by atoms with Crippen molar-refractivity contribution in [2.75, 3.05) is 12.3 Å². The number of rotatable bonds is 7. The maximum absolute atomic E-state index is 12.0. The van der Waals surface area contributed by atoms with Crippen LogP contribution in [0.3, 0.4) is 0 Å². The molecule has 0 atom stereocenters. The molecule has 0 saturated heterocycles. The number of carbonyl (C=O) groups is 1. The molecule has 0 unspecified atom stereocenters. The predicted octanol–water partition coefficient (Wildman–Crippen LogP) is 3.18. The maximum Gasteiger partial charge on any atom is 0.230 e. The van der Waals surface area contributed by atoms with Crippen LogP contribution >= 0.6 is 23.4 Å². The zero-order chi connectivity index (χ0) is 17.6. The molecule has 0 saturated carbocycles. The molecule has 0 aliphatic carbocycles. The summed E-state index contributed by atoms with van der Waals surface area (Å²) in [6, 6.07) is 11.2. The van der Waals surface area contributed by atoms with Crippen molar-refractivity contribution in [3.63, 3.8) is 0 Å². The first-order valence-corrected chi connectivity index (χ1v) is 9.07. The molecule has 1 aromatic carbocycles. The van der Waals surface area contributed by atoms with Gasteiger partial charge in [0.2, 0.25) is 5.91 Å². The molecule has 130 valence electrons. The molecular formula is C17H17ClN4O2S. The van der Waals surface area contributed by atoms with Crippen molar-refractivity contribution >= 4 is 29.3 Å². The van der Waals surface area contributed by atoms with E-state index in [2.05, 4.69) is 15.5 Å². The van der Waals surface area contributed by atoms with Gasteiger partial charge in [0.25, 0.3) is 0 Å². The third-order valence-electron chi connectivity index (χ3n) is 3.56. The lowest BCUT2D eigenvalue weighted by atomic mass is 10.1. The number of aromatic nitrogens is 3. The van der Waals surface area contributed by atoms with Gasteiger partial charge in [-0.3, -0.25) is 4.79 Å². The third-order valence-corrected chi connectivity index (χ3v) is 4.83. The highest BCUT2D eigenvalue weighted by Gasteiger charge is 2.14. The highest BCUT2D eigenvalue weighted by molar-refractivity contribution is 7.99. The lowest BCUT2D eigenvalue weighted by molar-refractivity contribution is -0.118. The summed E-state index contributed by atoms with van der Waals surface area (Å²) in [5.41, 5.74) is 1.13. The number of hydrogen-bond acceptors (Lipinski definition) is 5. The number of carbonyl (C=O) groups excluding carboxylic acids is 1. The van der Waals surface area contributed by atoms with E-state index in [1.54, 1.807) is 12.3 Å². The molecule has 0 fully saturated rings. The van der Waals surface area contributed by atoms with Crippen LogP contribution in [-0.2, 0) is 18.3 Å². The second-order valence-corrected chi connectivity index (χ2v) is 6.74. The zero-order valence-electron chi connectivity index (χ0n) is 13.6. The highest BCUT2D eigenvalue weighted by Crippen LogP contribution is 2.22. The summed E-state index contributed by atoms with van der Waals surface area (Å²) < 4.78 is 7.13. The zero-order valence-corrected chi connectivity index (χ0v) is 15.2. The first-order valence-electron chi connectivity index (χ1n) is 7.70. The molecule has 25 heavy (non-hydrogen) atoms. The van der Waals surface area contributed by atoms with Crippen LogP contribution < -0.4 is 5.32 Å². The van der Waals surface area contributed by atoms with Gasteiger partial charge in [-0.15, -0.1) is 10.2 Å². The van der Waals surface area contributed by atoms with Crippen molar-refractivity contribution in [1.29, 1.82) is 0 Å². The summed E-state index contributed by atoms with van der Waals surface area (Å²) in [5, 5.41) is 12.5. The Bertz CT molecular complexity index is 831. The Morgan fingerprint density at radius 2 is 2.08 bits per heavy atom. The molecule has 3 rings (SSSR count). The predicted molar refractivity (Wildman–Crippen MR) is 97.6 cm³/mol. The van der Waals surface area contributed by atoms with E-state index in [0.717, 1.165) is 12.0 Å². The minimum absolute atomic E-state index is 0.0403. The maximum atomic E-state index is 12.0. The molecule has 0 spiro atoms. The Hall–Kier alpha value is -2.25. The van der Waals surface area contributed by atoms with Crippen LogP contribution in [0.25, 0.3) is 11.6 Å². The Morgan fingerprint density at radius 1 is 1.28 bits per heavy atom. The molecule has 1 N–H and O–H groups in total. The van der Waals surface area contributed by atoms with Crippen LogP contribution in [0.2, 0.25) is 5.02 Å². The van der Waals surface area contributed by atoms with Gasteiger partial charge in [0, 0.05) is 18.6 Å². The first kappa shape index (κ1) is 17.6. The van der Waals surface area contributed by atoms with Crippen molar-refractivity contribution < 1.29 is 9.21 Å². The van der Waals surface area contributed by atoms with Crippen LogP contribution in [0.4, 0.5) is 0 Å². The number of furan rings is 1. The normalized spacial score (nSPS) is 10.8. The first-order chi connectivity index (χ1) is 12.1. The Kier molecular flexibility index (Phi) is 5.78. The lowest BCUT2D eigenvalue weighted by Crippen LogP contribution is -2.27. The molecule has 0 bridgehead atoms. The molecule has 0 aliphatic heterocycles. The summed E-state index contributed by atoms with van der Waals surface area (Å²) in [4.78, 5) is 12.0. The Balaban J connectivity index is 1.45. The summed E-state index contributed by atoms with van der Waals surface area (Å²) >= 11 is 7.19. The number of halogens is 1. The van der Waals surface area contributed by atoms with Crippen LogP contribution in [-0.4, -0.2) is 33.0 Å². The minimum Gasteiger partial charge on any atom is -0.461 e. The van der Waals surface area contributed by atoms with E-state index in [-0.39, 0.29) is 11.7 Å². The van der Waals surface area contributed by atoms with Gasteiger partial charge in [-0.05, 0) is 36.2 Å². The average molecular weight is 377 g/mol. The van der Waals surface area contributed by atoms with E-state index in [1.165, 1.54) is 11.8 Å². The van der Waals surface area contributed by atoms with Gasteiger partial charge in [-0.2, -0.15) is 0 Å². The van der Waals surface area contributed by atoms with E-state index in [4.69, 9.17) is 16.0 Å². The van der Waals surface area contributed by atoms with Gasteiger partial charge >= 0.3 is 0 Å². The van der Waals surface area contributed by atoms with E-state index in [0.29, 0.717) is 28.3 Å². The molecule has 8 heteroatoms. The van der Waals surface area contributed by atoms with Crippen LogP contribution in [0.5, 0.6) is 0 Å². The molecule has 3 aromatic rings. The van der Waals surface area contributed by atoms with E-state index in [9.17, 15) is 4.79 Å². The van der Waals surface area contributed by atoms with Gasteiger partial charge in [-0.1, -0.05) is 35.5 Å². The van der Waals surface area contributed by atoms with E-state index < -0.39 is 0 Å². The summed E-state index contributed by atoms with van der Waals surface area (Å²) in [6.07, 6.45) is 2.35. The van der Waals surface area contributed by atoms with Crippen molar-refractivity contribution in [3.05, 3.63) is 53.2 Å². The number of nitrogens with one attached hydrogen (secondary N) is 1. The van der Waals surface area contributed by atoms with Crippen molar-refractivity contribution in [1.82, 2.24) is 20.1 Å².